The maximum absolute atomic E-state index is 12.7. The monoisotopic (exact) mass is 375 g/mol. The zero-order valence-corrected chi connectivity index (χ0v) is 15.9. The minimum atomic E-state index is -0.00167. The molecule has 0 saturated carbocycles. The second-order valence-electron chi connectivity index (χ2n) is 7.38. The van der Waals surface area contributed by atoms with E-state index >= 15 is 0 Å². The summed E-state index contributed by atoms with van der Waals surface area (Å²) in [5.74, 6) is 0.811. The molecule has 2 aliphatic rings. The molecule has 0 unspecified atom stereocenters. The first-order valence-corrected chi connectivity index (χ1v) is 10.0. The number of carbonyl (C=O) groups is 1. The van der Waals surface area contributed by atoms with Crippen molar-refractivity contribution in [1.82, 2.24) is 14.8 Å². The minimum absolute atomic E-state index is 0.00167. The zero-order chi connectivity index (χ0) is 18.0. The normalized spacial score (nSPS) is 23.0. The molecule has 2 aromatic rings. The predicted octanol–water partition coefficient (Wildman–Crippen LogP) is 2.74. The van der Waals surface area contributed by atoms with Gasteiger partial charge in [-0.2, -0.15) is 0 Å². The van der Waals surface area contributed by atoms with Gasteiger partial charge in [-0.3, -0.25) is 9.69 Å². The third-order valence-electron chi connectivity index (χ3n) is 5.89. The molecular weight excluding hydrogens is 350 g/mol. The van der Waals surface area contributed by atoms with Gasteiger partial charge in [-0.1, -0.05) is 0 Å². The lowest BCUT2D eigenvalue weighted by Crippen LogP contribution is -2.45. The van der Waals surface area contributed by atoms with Crippen LogP contribution in [0.4, 0.5) is 0 Å². The van der Waals surface area contributed by atoms with E-state index in [1.807, 2.05) is 16.5 Å². The molecule has 1 amide bonds. The Morgan fingerprint density at radius 3 is 2.96 bits per heavy atom. The van der Waals surface area contributed by atoms with Crippen molar-refractivity contribution in [1.29, 1.82) is 0 Å². The van der Waals surface area contributed by atoms with Gasteiger partial charge in [0.05, 0.1) is 19.4 Å². The Bertz CT molecular complexity index is 708. The van der Waals surface area contributed by atoms with Crippen molar-refractivity contribution in [3.63, 3.8) is 0 Å². The summed E-state index contributed by atoms with van der Waals surface area (Å²) in [6.45, 7) is 5.27. The van der Waals surface area contributed by atoms with E-state index in [2.05, 4.69) is 9.88 Å². The maximum atomic E-state index is 12.7. The molecule has 4 heterocycles. The number of hydrogen-bond donors (Lipinski definition) is 0. The summed E-state index contributed by atoms with van der Waals surface area (Å²) in [5.41, 5.74) is 0.150. The quantitative estimate of drug-likeness (QED) is 0.804. The highest BCUT2D eigenvalue weighted by molar-refractivity contribution is 7.09. The van der Waals surface area contributed by atoms with E-state index in [1.165, 1.54) is 5.01 Å². The highest BCUT2D eigenvalue weighted by Crippen LogP contribution is 2.45. The van der Waals surface area contributed by atoms with Crippen molar-refractivity contribution in [3.05, 3.63) is 40.7 Å². The molecule has 0 N–H and O–H groups in total. The van der Waals surface area contributed by atoms with E-state index in [0.29, 0.717) is 18.3 Å². The van der Waals surface area contributed by atoms with Crippen LogP contribution in [-0.2, 0) is 11.3 Å². The van der Waals surface area contributed by atoms with Gasteiger partial charge in [0.1, 0.15) is 5.01 Å². The van der Waals surface area contributed by atoms with Gasteiger partial charge in [0.15, 0.2) is 5.76 Å². The second-order valence-corrected chi connectivity index (χ2v) is 8.36. The smallest absolute Gasteiger partial charge is 0.289 e. The van der Waals surface area contributed by atoms with Gasteiger partial charge in [-0.15, -0.1) is 11.3 Å². The Morgan fingerprint density at radius 1 is 1.46 bits per heavy atom. The number of aromatic nitrogens is 1. The number of furan rings is 1. The van der Waals surface area contributed by atoms with E-state index < -0.39 is 0 Å². The maximum Gasteiger partial charge on any atom is 0.289 e. The molecule has 7 heteroatoms. The van der Waals surface area contributed by atoms with Gasteiger partial charge in [-0.05, 0) is 43.5 Å². The molecule has 1 spiro atoms. The first kappa shape index (κ1) is 17.7. The molecule has 0 aromatic carbocycles. The molecular formula is C19H25N3O3S. The molecule has 2 aliphatic heterocycles. The van der Waals surface area contributed by atoms with E-state index in [4.69, 9.17) is 9.15 Å². The molecule has 4 rings (SSSR count). The number of likely N-dealkylation sites (tertiary alicyclic amines) is 2. The van der Waals surface area contributed by atoms with Gasteiger partial charge in [0, 0.05) is 37.7 Å². The van der Waals surface area contributed by atoms with Crippen LogP contribution >= 0.6 is 11.3 Å². The van der Waals surface area contributed by atoms with Gasteiger partial charge in [-0.25, -0.2) is 4.98 Å². The average molecular weight is 375 g/mol. The number of methoxy groups -OCH3 is 1. The Labute approximate surface area is 157 Å². The number of amides is 1. The third-order valence-corrected chi connectivity index (χ3v) is 6.66. The molecule has 0 radical (unpaired) electrons. The standard InChI is InChI=1S/C19H25N3O3S/c1-24-13-15-11-22(18(23)16-3-2-9-25-16)14-19(15)4-7-21(8-5-19)12-17-20-6-10-26-17/h2-3,6,9-10,15H,4-5,7-8,11-14H2,1H3/t15-/m1/s1. The van der Waals surface area contributed by atoms with Gasteiger partial charge < -0.3 is 14.1 Å². The molecule has 6 nitrogen and oxygen atoms in total. The van der Waals surface area contributed by atoms with Crippen LogP contribution in [0.1, 0.15) is 28.4 Å². The van der Waals surface area contributed by atoms with Crippen molar-refractivity contribution >= 4 is 17.2 Å². The molecule has 0 bridgehead atoms. The first-order valence-electron chi connectivity index (χ1n) is 9.13. The summed E-state index contributed by atoms with van der Waals surface area (Å²) in [6.07, 6.45) is 5.61. The number of hydrogen-bond acceptors (Lipinski definition) is 6. The third kappa shape index (κ3) is 3.43. The number of piperidine rings is 1. The summed E-state index contributed by atoms with van der Waals surface area (Å²) < 4.78 is 10.8. The van der Waals surface area contributed by atoms with Crippen LogP contribution in [0.25, 0.3) is 0 Å². The van der Waals surface area contributed by atoms with Crippen LogP contribution in [0.2, 0.25) is 0 Å². The van der Waals surface area contributed by atoms with Crippen LogP contribution in [0, 0.1) is 11.3 Å². The number of carbonyl (C=O) groups excluding carboxylic acids is 1. The topological polar surface area (TPSA) is 58.8 Å². The zero-order valence-electron chi connectivity index (χ0n) is 15.1. The van der Waals surface area contributed by atoms with E-state index in [-0.39, 0.29) is 11.3 Å². The van der Waals surface area contributed by atoms with Crippen molar-refractivity contribution in [3.8, 4) is 0 Å². The summed E-state index contributed by atoms with van der Waals surface area (Å²) in [5, 5.41) is 3.21. The van der Waals surface area contributed by atoms with Crippen LogP contribution in [0.5, 0.6) is 0 Å². The summed E-state index contributed by atoms with van der Waals surface area (Å²) in [6, 6.07) is 3.51. The highest BCUT2D eigenvalue weighted by atomic mass is 32.1. The number of ether oxygens (including phenoxy) is 1. The summed E-state index contributed by atoms with van der Waals surface area (Å²) >= 11 is 1.72. The average Bonchev–Trinajstić information content (AvgIpc) is 3.40. The fourth-order valence-electron chi connectivity index (χ4n) is 4.42. The predicted molar refractivity (Wildman–Crippen MR) is 99.0 cm³/mol. The van der Waals surface area contributed by atoms with E-state index in [1.54, 1.807) is 36.8 Å². The van der Waals surface area contributed by atoms with Crippen LogP contribution in [0.3, 0.4) is 0 Å². The number of nitrogens with zero attached hydrogens (tertiary/aromatic N) is 3. The van der Waals surface area contributed by atoms with Crippen molar-refractivity contribution in [2.75, 3.05) is 39.9 Å². The van der Waals surface area contributed by atoms with E-state index in [9.17, 15) is 4.79 Å². The molecule has 2 fully saturated rings. The minimum Gasteiger partial charge on any atom is -0.459 e. The SMILES string of the molecule is COC[C@H]1CN(C(=O)c2ccco2)CC12CCN(Cc1nccs1)CC2. The fourth-order valence-corrected chi connectivity index (χ4v) is 5.08. The lowest BCUT2D eigenvalue weighted by molar-refractivity contribution is 0.0347. The molecule has 0 aliphatic carbocycles. The molecule has 140 valence electrons. The van der Waals surface area contributed by atoms with Crippen molar-refractivity contribution in [2.24, 2.45) is 11.3 Å². The highest BCUT2D eigenvalue weighted by Gasteiger charge is 2.49. The number of thiazole rings is 1. The Balaban J connectivity index is 1.43. The van der Waals surface area contributed by atoms with Crippen LogP contribution < -0.4 is 0 Å². The van der Waals surface area contributed by atoms with Crippen LogP contribution in [-0.4, -0.2) is 60.6 Å². The first-order chi connectivity index (χ1) is 12.7. The number of rotatable bonds is 5. The Hall–Kier alpha value is -1.70. The summed E-state index contributed by atoms with van der Waals surface area (Å²) in [7, 11) is 1.75. The van der Waals surface area contributed by atoms with E-state index in [0.717, 1.165) is 45.6 Å². The summed E-state index contributed by atoms with van der Waals surface area (Å²) in [4.78, 5) is 21.6. The fraction of sp³-hybridized carbons (Fsp3) is 0.579. The van der Waals surface area contributed by atoms with Gasteiger partial charge in [0.25, 0.3) is 5.91 Å². The molecule has 2 aromatic heterocycles. The lowest BCUT2D eigenvalue weighted by atomic mass is 9.71. The van der Waals surface area contributed by atoms with Gasteiger partial charge >= 0.3 is 0 Å². The Kier molecular flexibility index (Phi) is 5.11. The molecule has 2 saturated heterocycles. The largest absolute Gasteiger partial charge is 0.459 e. The molecule has 26 heavy (non-hydrogen) atoms. The van der Waals surface area contributed by atoms with Gasteiger partial charge in [0.2, 0.25) is 0 Å². The van der Waals surface area contributed by atoms with Crippen molar-refractivity contribution in [2.45, 2.75) is 19.4 Å². The molecule has 1 atom stereocenters. The lowest BCUT2D eigenvalue weighted by Gasteiger charge is -2.42. The Morgan fingerprint density at radius 2 is 2.31 bits per heavy atom. The van der Waals surface area contributed by atoms with Crippen molar-refractivity contribution < 1.29 is 13.9 Å². The van der Waals surface area contributed by atoms with Crippen LogP contribution in [0.15, 0.2) is 34.4 Å². The second kappa shape index (κ2) is 7.50.